The molecule has 8 heteroatoms. The van der Waals surface area contributed by atoms with Gasteiger partial charge in [-0.3, -0.25) is 9.59 Å². The molecule has 1 aromatic rings. The summed E-state index contributed by atoms with van der Waals surface area (Å²) in [5, 5.41) is 6.38. The van der Waals surface area contributed by atoms with Crippen molar-refractivity contribution < 1.29 is 23.7 Å². The molecular weight excluding hydrogens is 312 g/mol. The summed E-state index contributed by atoms with van der Waals surface area (Å²) >= 11 is 0. The lowest BCUT2D eigenvalue weighted by atomic mass is 10.3. The maximum Gasteiger partial charge on any atom is 0.245 e. The fourth-order valence-electron chi connectivity index (χ4n) is 2.73. The Balaban J connectivity index is 1.78. The average Bonchev–Trinajstić information content (AvgIpc) is 2.99. The second kappa shape index (κ2) is 9.39. The van der Waals surface area contributed by atoms with Crippen LogP contribution in [0.1, 0.15) is 25.5 Å². The summed E-state index contributed by atoms with van der Waals surface area (Å²) in [6, 6.07) is 1.64. The van der Waals surface area contributed by atoms with E-state index < -0.39 is 0 Å². The molecule has 0 radical (unpaired) electrons. The molecule has 2 N–H and O–H groups in total. The highest BCUT2D eigenvalue weighted by atomic mass is 16.5. The Labute approximate surface area is 142 Å². The van der Waals surface area contributed by atoms with E-state index in [9.17, 15) is 9.59 Å². The maximum absolute atomic E-state index is 12.1. The summed E-state index contributed by atoms with van der Waals surface area (Å²) in [4.78, 5) is 27.3. The molecule has 0 bridgehead atoms. The zero-order valence-electron chi connectivity index (χ0n) is 14.5. The van der Waals surface area contributed by atoms with E-state index in [2.05, 4.69) is 10.5 Å². The summed E-state index contributed by atoms with van der Waals surface area (Å²) in [5.41, 5.74) is 0. The monoisotopic (exact) mass is 339 g/mol. The molecule has 0 atom stereocenters. The van der Waals surface area contributed by atoms with Crippen molar-refractivity contribution >= 4 is 17.6 Å². The lowest BCUT2D eigenvalue weighted by molar-refractivity contribution is -0.908. The van der Waals surface area contributed by atoms with E-state index >= 15 is 0 Å². The van der Waals surface area contributed by atoms with Crippen LogP contribution in [0, 0.1) is 6.92 Å². The molecule has 0 spiro atoms. The van der Waals surface area contributed by atoms with Crippen LogP contribution < -0.4 is 10.2 Å². The zero-order chi connectivity index (χ0) is 17.4. The topological polar surface area (TPSA) is 89.1 Å². The summed E-state index contributed by atoms with van der Waals surface area (Å²) < 4.78 is 10.3. The van der Waals surface area contributed by atoms with E-state index in [-0.39, 0.29) is 18.4 Å². The van der Waals surface area contributed by atoms with Gasteiger partial charge in [-0.15, -0.1) is 0 Å². The van der Waals surface area contributed by atoms with Crippen LogP contribution in [0.15, 0.2) is 10.6 Å². The summed E-state index contributed by atoms with van der Waals surface area (Å²) in [6.07, 6.45) is 1.26. The predicted octanol–water partition coefficient (Wildman–Crippen LogP) is -0.535. The smallest absolute Gasteiger partial charge is 0.245 e. The molecule has 0 aliphatic carbocycles. The molecule has 2 heterocycles. The molecule has 8 nitrogen and oxygen atoms in total. The van der Waals surface area contributed by atoms with Gasteiger partial charge in [0.2, 0.25) is 11.8 Å². The van der Waals surface area contributed by atoms with Gasteiger partial charge >= 0.3 is 0 Å². The number of nitrogens with one attached hydrogen (secondary N) is 2. The highest BCUT2D eigenvalue weighted by Crippen LogP contribution is 2.07. The quantitative estimate of drug-likeness (QED) is 0.664. The van der Waals surface area contributed by atoms with Gasteiger partial charge in [0.25, 0.3) is 0 Å². The minimum atomic E-state index is -0.260. The number of nitrogens with zero attached hydrogens (tertiary/aromatic N) is 2. The number of ether oxygens (including phenoxy) is 1. The van der Waals surface area contributed by atoms with Crippen molar-refractivity contribution in [2.45, 2.75) is 26.7 Å². The lowest BCUT2D eigenvalue weighted by Crippen LogP contribution is -3.14. The maximum atomic E-state index is 12.1. The molecule has 24 heavy (non-hydrogen) atoms. The van der Waals surface area contributed by atoms with Crippen molar-refractivity contribution in [3.8, 4) is 0 Å². The first-order valence-corrected chi connectivity index (χ1v) is 8.50. The van der Waals surface area contributed by atoms with Gasteiger partial charge in [-0.2, -0.15) is 0 Å². The number of rotatable bonds is 8. The van der Waals surface area contributed by atoms with Crippen LogP contribution in [0.5, 0.6) is 0 Å². The molecule has 1 aromatic heterocycles. The Hall–Kier alpha value is -1.93. The zero-order valence-corrected chi connectivity index (χ0v) is 14.5. The first-order valence-electron chi connectivity index (χ1n) is 8.50. The van der Waals surface area contributed by atoms with Gasteiger partial charge in [0.05, 0.1) is 26.3 Å². The Morgan fingerprint density at radius 1 is 1.38 bits per heavy atom. The highest BCUT2D eigenvalue weighted by molar-refractivity contribution is 5.93. The van der Waals surface area contributed by atoms with Gasteiger partial charge in [-0.05, 0) is 6.92 Å². The molecule has 1 saturated heterocycles. The van der Waals surface area contributed by atoms with Crippen molar-refractivity contribution in [1.29, 1.82) is 0 Å². The van der Waals surface area contributed by atoms with Gasteiger partial charge < -0.3 is 24.4 Å². The molecule has 1 fully saturated rings. The standard InChI is InChI=1S/C16H26N4O4/c1-3-16(22)20(6-4-5-19-7-9-23-10-8-19)12-15(21)17-14-11-13(2)24-18-14/h11H,3-10,12H2,1-2H3,(H,17,18,21)/p+1. The van der Waals surface area contributed by atoms with Crippen LogP contribution in [-0.4, -0.2) is 67.8 Å². The molecule has 2 amide bonds. The molecule has 1 aliphatic rings. The van der Waals surface area contributed by atoms with Gasteiger partial charge in [-0.25, -0.2) is 0 Å². The third kappa shape index (κ3) is 5.93. The van der Waals surface area contributed by atoms with Crippen molar-refractivity contribution in [3.05, 3.63) is 11.8 Å². The largest absolute Gasteiger partial charge is 0.370 e. The van der Waals surface area contributed by atoms with Crippen molar-refractivity contribution in [2.75, 3.05) is 51.3 Å². The predicted molar refractivity (Wildman–Crippen MR) is 87.7 cm³/mol. The van der Waals surface area contributed by atoms with Gasteiger partial charge in [0.15, 0.2) is 5.82 Å². The average molecular weight is 339 g/mol. The van der Waals surface area contributed by atoms with E-state index in [0.29, 0.717) is 24.5 Å². The number of anilines is 1. The van der Waals surface area contributed by atoms with E-state index in [0.717, 1.165) is 39.3 Å². The first kappa shape index (κ1) is 18.4. The molecular formula is C16H27N4O4+. The lowest BCUT2D eigenvalue weighted by Gasteiger charge is -2.26. The second-order valence-corrected chi connectivity index (χ2v) is 6.01. The molecule has 0 aromatic carbocycles. The number of aryl methyl sites for hydroxylation is 1. The number of quaternary nitrogens is 1. The molecule has 0 saturated carbocycles. The van der Waals surface area contributed by atoms with Gasteiger partial charge in [-0.1, -0.05) is 12.1 Å². The number of morpholine rings is 1. The minimum absolute atomic E-state index is 0.0153. The Morgan fingerprint density at radius 2 is 2.12 bits per heavy atom. The van der Waals surface area contributed by atoms with Crippen LogP contribution in [0.25, 0.3) is 0 Å². The van der Waals surface area contributed by atoms with E-state index in [4.69, 9.17) is 9.26 Å². The normalized spacial score (nSPS) is 15.2. The molecule has 0 unspecified atom stereocenters. The van der Waals surface area contributed by atoms with E-state index in [1.54, 1.807) is 24.8 Å². The molecule has 134 valence electrons. The second-order valence-electron chi connectivity index (χ2n) is 6.01. The highest BCUT2D eigenvalue weighted by Gasteiger charge is 2.18. The fourth-order valence-corrected chi connectivity index (χ4v) is 2.73. The number of aromatic nitrogens is 1. The number of amides is 2. The van der Waals surface area contributed by atoms with Gasteiger partial charge in [0, 0.05) is 25.5 Å². The van der Waals surface area contributed by atoms with Crippen molar-refractivity contribution in [2.24, 2.45) is 0 Å². The SMILES string of the molecule is CCC(=O)N(CCC[NH+]1CCOCC1)CC(=O)Nc1cc(C)on1. The Morgan fingerprint density at radius 3 is 2.75 bits per heavy atom. The number of hydrogen-bond acceptors (Lipinski definition) is 5. The number of hydrogen-bond donors (Lipinski definition) is 2. The summed E-state index contributed by atoms with van der Waals surface area (Å²) in [7, 11) is 0. The fraction of sp³-hybridized carbons (Fsp3) is 0.688. The Bertz CT molecular complexity index is 540. The molecule has 1 aliphatic heterocycles. The molecule has 2 rings (SSSR count). The van der Waals surface area contributed by atoms with Gasteiger partial charge in [0.1, 0.15) is 18.8 Å². The van der Waals surface area contributed by atoms with Crippen LogP contribution in [0.3, 0.4) is 0 Å². The van der Waals surface area contributed by atoms with Crippen molar-refractivity contribution in [3.63, 3.8) is 0 Å². The third-order valence-electron chi connectivity index (χ3n) is 4.04. The van der Waals surface area contributed by atoms with Crippen LogP contribution in [0.2, 0.25) is 0 Å². The van der Waals surface area contributed by atoms with Crippen LogP contribution >= 0.6 is 0 Å². The first-order chi connectivity index (χ1) is 11.6. The van der Waals surface area contributed by atoms with Crippen LogP contribution in [-0.2, 0) is 14.3 Å². The minimum Gasteiger partial charge on any atom is -0.370 e. The number of carbonyl (C=O) groups is 2. The summed E-state index contributed by atoms with van der Waals surface area (Å²) in [6.45, 7) is 8.78. The summed E-state index contributed by atoms with van der Waals surface area (Å²) in [5.74, 6) is 0.724. The van der Waals surface area contributed by atoms with E-state index in [1.807, 2.05) is 0 Å². The van der Waals surface area contributed by atoms with E-state index in [1.165, 1.54) is 4.90 Å². The number of carbonyl (C=O) groups excluding carboxylic acids is 2. The third-order valence-corrected chi connectivity index (χ3v) is 4.04. The van der Waals surface area contributed by atoms with Crippen molar-refractivity contribution in [1.82, 2.24) is 10.1 Å². The van der Waals surface area contributed by atoms with Crippen LogP contribution in [0.4, 0.5) is 5.82 Å². The Kier molecular flexibility index (Phi) is 7.20.